The maximum absolute atomic E-state index is 4.07. The van der Waals surface area contributed by atoms with Crippen molar-refractivity contribution in [1.82, 2.24) is 9.55 Å². The summed E-state index contributed by atoms with van der Waals surface area (Å²) < 4.78 is 2.58. The molecule has 84 valence electrons. The number of rotatable bonds is 3. The number of thioether (sulfide) groups is 2. The molecule has 0 aliphatic carbocycles. The monoisotopic (exact) mass is 242 g/mol. The minimum Gasteiger partial charge on any atom is -0.337 e. The van der Waals surface area contributed by atoms with Gasteiger partial charge in [0, 0.05) is 18.9 Å². The zero-order valence-electron chi connectivity index (χ0n) is 9.35. The number of nitrogens with zero attached hydrogens (tertiary/aromatic N) is 2. The molecule has 0 saturated carbocycles. The molecule has 2 rings (SSSR count). The van der Waals surface area contributed by atoms with Gasteiger partial charge in [-0.15, -0.1) is 23.5 Å². The largest absolute Gasteiger partial charge is 0.337 e. The van der Waals surface area contributed by atoms with E-state index in [0.717, 1.165) is 12.5 Å². The van der Waals surface area contributed by atoms with Gasteiger partial charge in [-0.25, -0.2) is 4.98 Å². The Hall–Kier alpha value is -0.0900. The summed E-state index contributed by atoms with van der Waals surface area (Å²) in [4.78, 5) is 4.07. The Morgan fingerprint density at radius 2 is 2.20 bits per heavy atom. The van der Waals surface area contributed by atoms with Gasteiger partial charge in [0.05, 0.1) is 10.4 Å². The summed E-state index contributed by atoms with van der Waals surface area (Å²) in [5.74, 6) is 3.50. The Morgan fingerprint density at radius 1 is 1.47 bits per heavy atom. The van der Waals surface area contributed by atoms with E-state index in [1.807, 2.05) is 18.7 Å². The minimum atomic E-state index is 0.413. The summed E-state index contributed by atoms with van der Waals surface area (Å²) in [6.45, 7) is 5.81. The van der Waals surface area contributed by atoms with Gasteiger partial charge in [-0.2, -0.15) is 0 Å². The van der Waals surface area contributed by atoms with E-state index < -0.39 is 0 Å². The highest BCUT2D eigenvalue weighted by Crippen LogP contribution is 2.46. The molecule has 0 radical (unpaired) electrons. The molecule has 0 unspecified atom stereocenters. The fourth-order valence-corrected chi connectivity index (χ4v) is 4.49. The fraction of sp³-hybridized carbons (Fsp3) is 0.727. The zero-order chi connectivity index (χ0) is 10.7. The number of imidazole rings is 1. The average molecular weight is 242 g/mol. The quantitative estimate of drug-likeness (QED) is 0.811. The Kier molecular flexibility index (Phi) is 3.67. The van der Waals surface area contributed by atoms with Crippen LogP contribution in [-0.4, -0.2) is 25.1 Å². The molecule has 0 spiro atoms. The predicted molar refractivity (Wildman–Crippen MR) is 69.3 cm³/mol. The standard InChI is InChI=1S/C11H18N2S2/c1-10-7-14-11(2,15-8-10)3-5-13-6-4-12-9-13/h4,6,9-10H,3,5,7-8H2,1-2H3. The van der Waals surface area contributed by atoms with Crippen molar-refractivity contribution in [3.63, 3.8) is 0 Å². The smallest absolute Gasteiger partial charge is 0.0945 e. The van der Waals surface area contributed by atoms with Gasteiger partial charge in [-0.05, 0) is 30.8 Å². The van der Waals surface area contributed by atoms with Crippen LogP contribution in [0.25, 0.3) is 0 Å². The van der Waals surface area contributed by atoms with Gasteiger partial charge >= 0.3 is 0 Å². The highest BCUT2D eigenvalue weighted by Gasteiger charge is 2.30. The van der Waals surface area contributed by atoms with Crippen molar-refractivity contribution in [2.24, 2.45) is 5.92 Å². The lowest BCUT2D eigenvalue weighted by Gasteiger charge is -2.35. The van der Waals surface area contributed by atoms with Crippen molar-refractivity contribution in [1.29, 1.82) is 0 Å². The topological polar surface area (TPSA) is 17.8 Å². The number of hydrogen-bond acceptors (Lipinski definition) is 3. The maximum atomic E-state index is 4.07. The Labute approximate surface area is 100 Å². The molecule has 2 nitrogen and oxygen atoms in total. The lowest BCUT2D eigenvalue weighted by atomic mass is 10.3. The fourth-order valence-electron chi connectivity index (χ4n) is 1.62. The van der Waals surface area contributed by atoms with Gasteiger partial charge in [0.25, 0.3) is 0 Å². The van der Waals surface area contributed by atoms with Crippen LogP contribution in [0.4, 0.5) is 0 Å². The molecule has 0 atom stereocenters. The summed E-state index contributed by atoms with van der Waals surface area (Å²) in [7, 11) is 0. The summed E-state index contributed by atoms with van der Waals surface area (Å²) >= 11 is 4.25. The lowest BCUT2D eigenvalue weighted by molar-refractivity contribution is 0.610. The number of aryl methyl sites for hydroxylation is 1. The van der Waals surface area contributed by atoms with E-state index in [2.05, 4.69) is 46.9 Å². The van der Waals surface area contributed by atoms with E-state index in [1.54, 1.807) is 0 Å². The van der Waals surface area contributed by atoms with Crippen molar-refractivity contribution < 1.29 is 0 Å². The van der Waals surface area contributed by atoms with E-state index in [-0.39, 0.29) is 0 Å². The Balaban J connectivity index is 1.83. The van der Waals surface area contributed by atoms with Crippen molar-refractivity contribution in [3.05, 3.63) is 18.7 Å². The first kappa shape index (κ1) is 11.4. The van der Waals surface area contributed by atoms with Crippen molar-refractivity contribution in [2.45, 2.75) is 30.9 Å². The summed E-state index contributed by atoms with van der Waals surface area (Å²) in [6, 6.07) is 0. The predicted octanol–water partition coefficient (Wildman–Crippen LogP) is 3.11. The van der Waals surface area contributed by atoms with Gasteiger partial charge in [-0.1, -0.05) is 6.92 Å². The molecular weight excluding hydrogens is 224 g/mol. The first-order valence-electron chi connectivity index (χ1n) is 5.42. The number of aromatic nitrogens is 2. The third-order valence-electron chi connectivity index (χ3n) is 2.73. The van der Waals surface area contributed by atoms with E-state index in [9.17, 15) is 0 Å². The average Bonchev–Trinajstić information content (AvgIpc) is 2.73. The Morgan fingerprint density at radius 3 is 2.80 bits per heavy atom. The summed E-state index contributed by atoms with van der Waals surface area (Å²) in [6.07, 6.45) is 7.03. The highest BCUT2D eigenvalue weighted by atomic mass is 32.2. The van der Waals surface area contributed by atoms with Crippen LogP contribution in [0.1, 0.15) is 20.3 Å². The molecule has 1 aliphatic heterocycles. The molecule has 1 aliphatic rings. The molecule has 1 aromatic heterocycles. The first-order chi connectivity index (χ1) is 7.18. The van der Waals surface area contributed by atoms with Crippen LogP contribution in [0.2, 0.25) is 0 Å². The third-order valence-corrected chi connectivity index (χ3v) is 6.54. The summed E-state index contributed by atoms with van der Waals surface area (Å²) in [5, 5.41) is 0. The third kappa shape index (κ3) is 3.18. The molecule has 0 amide bonds. The van der Waals surface area contributed by atoms with Crippen LogP contribution < -0.4 is 0 Å². The van der Waals surface area contributed by atoms with E-state index in [1.165, 1.54) is 17.9 Å². The van der Waals surface area contributed by atoms with Crippen LogP contribution in [-0.2, 0) is 6.54 Å². The molecule has 1 aromatic rings. The van der Waals surface area contributed by atoms with Gasteiger partial charge in [0.1, 0.15) is 0 Å². The minimum absolute atomic E-state index is 0.413. The molecule has 0 aromatic carbocycles. The zero-order valence-corrected chi connectivity index (χ0v) is 11.0. The molecule has 1 fully saturated rings. The molecule has 0 N–H and O–H groups in total. The second-order valence-electron chi connectivity index (χ2n) is 4.41. The molecule has 4 heteroatoms. The van der Waals surface area contributed by atoms with Crippen molar-refractivity contribution in [3.8, 4) is 0 Å². The SMILES string of the molecule is CC1CSC(C)(CCn2ccnc2)SC1. The Bertz CT molecular complexity index is 290. The highest BCUT2D eigenvalue weighted by molar-refractivity contribution is 8.18. The van der Waals surface area contributed by atoms with Gasteiger partial charge < -0.3 is 4.57 Å². The van der Waals surface area contributed by atoms with E-state index >= 15 is 0 Å². The van der Waals surface area contributed by atoms with Crippen LogP contribution >= 0.6 is 23.5 Å². The second-order valence-corrected chi connectivity index (χ2v) is 7.72. The molecule has 0 bridgehead atoms. The lowest BCUT2D eigenvalue weighted by Crippen LogP contribution is -2.26. The normalized spacial score (nSPS) is 31.7. The maximum Gasteiger partial charge on any atom is 0.0945 e. The van der Waals surface area contributed by atoms with Crippen LogP contribution in [0.5, 0.6) is 0 Å². The van der Waals surface area contributed by atoms with Crippen molar-refractivity contribution >= 4 is 23.5 Å². The van der Waals surface area contributed by atoms with Gasteiger partial charge in [0.15, 0.2) is 0 Å². The molecular formula is C11H18N2S2. The van der Waals surface area contributed by atoms with Crippen LogP contribution in [0.3, 0.4) is 0 Å². The van der Waals surface area contributed by atoms with Crippen LogP contribution in [0, 0.1) is 5.92 Å². The van der Waals surface area contributed by atoms with Gasteiger partial charge in [0.2, 0.25) is 0 Å². The second kappa shape index (κ2) is 4.83. The molecule has 1 saturated heterocycles. The van der Waals surface area contributed by atoms with Crippen molar-refractivity contribution in [2.75, 3.05) is 11.5 Å². The van der Waals surface area contributed by atoms with Gasteiger partial charge in [-0.3, -0.25) is 0 Å². The van der Waals surface area contributed by atoms with E-state index in [0.29, 0.717) is 4.08 Å². The van der Waals surface area contributed by atoms with Crippen LogP contribution in [0.15, 0.2) is 18.7 Å². The van der Waals surface area contributed by atoms with E-state index in [4.69, 9.17) is 0 Å². The molecule has 15 heavy (non-hydrogen) atoms. The first-order valence-corrected chi connectivity index (χ1v) is 7.39. The molecule has 2 heterocycles. The summed E-state index contributed by atoms with van der Waals surface area (Å²) in [5.41, 5.74) is 0. The number of hydrogen-bond donors (Lipinski definition) is 0.